The molecule has 138 valence electrons. The Morgan fingerprint density at radius 3 is 2.07 bits per heavy atom. The number of rotatable bonds is 7. The highest BCUT2D eigenvalue weighted by Gasteiger charge is 2.34. The molecule has 0 radical (unpaired) electrons. The van der Waals surface area contributed by atoms with Crippen molar-refractivity contribution in [3.05, 3.63) is 65.2 Å². The van der Waals surface area contributed by atoms with Crippen molar-refractivity contribution in [2.75, 3.05) is 6.54 Å². The number of carbonyl (C=O) groups is 4. The van der Waals surface area contributed by atoms with Gasteiger partial charge in [-0.2, -0.15) is 0 Å². The quantitative estimate of drug-likeness (QED) is 0.326. The first kappa shape index (κ1) is 18.5. The summed E-state index contributed by atoms with van der Waals surface area (Å²) in [5, 5.41) is 0. The standard InChI is InChI=1S/C21H19NO5/c1-2-18(23)14-9-11-15(12-10-14)27-19(24)8-5-13-22-20(25)16-6-3-4-7-17(16)21(22)26/h3-4,6-7,9-12H,2,5,8,13H2,1H3. The minimum atomic E-state index is -0.457. The summed E-state index contributed by atoms with van der Waals surface area (Å²) in [4.78, 5) is 49.2. The summed E-state index contributed by atoms with van der Waals surface area (Å²) in [6, 6.07) is 13.1. The number of ketones is 1. The van der Waals surface area contributed by atoms with Crippen LogP contribution in [0.5, 0.6) is 5.75 Å². The topological polar surface area (TPSA) is 80.8 Å². The van der Waals surface area contributed by atoms with Gasteiger partial charge in [0.2, 0.25) is 0 Å². The molecule has 0 fully saturated rings. The second-order valence-electron chi connectivity index (χ2n) is 6.19. The minimum Gasteiger partial charge on any atom is -0.427 e. The Labute approximate surface area is 156 Å². The Bertz CT molecular complexity index is 866. The van der Waals surface area contributed by atoms with Gasteiger partial charge in [0.15, 0.2) is 5.78 Å². The number of carbonyl (C=O) groups excluding carboxylic acids is 4. The maximum absolute atomic E-state index is 12.2. The van der Waals surface area contributed by atoms with Gasteiger partial charge >= 0.3 is 5.97 Å². The molecule has 1 aliphatic heterocycles. The second kappa shape index (κ2) is 7.95. The van der Waals surface area contributed by atoms with E-state index in [1.54, 1.807) is 55.5 Å². The fraction of sp³-hybridized carbons (Fsp3) is 0.238. The Morgan fingerprint density at radius 1 is 0.926 bits per heavy atom. The van der Waals surface area contributed by atoms with Crippen LogP contribution in [0.4, 0.5) is 0 Å². The van der Waals surface area contributed by atoms with Gasteiger partial charge < -0.3 is 4.74 Å². The van der Waals surface area contributed by atoms with E-state index in [1.165, 1.54) is 0 Å². The molecule has 0 N–H and O–H groups in total. The molecule has 0 saturated heterocycles. The van der Waals surface area contributed by atoms with Gasteiger partial charge in [-0.3, -0.25) is 24.1 Å². The zero-order chi connectivity index (χ0) is 19.4. The van der Waals surface area contributed by atoms with Crippen LogP contribution in [0.15, 0.2) is 48.5 Å². The van der Waals surface area contributed by atoms with E-state index in [1.807, 2.05) is 0 Å². The molecule has 1 heterocycles. The first-order valence-electron chi connectivity index (χ1n) is 8.80. The lowest BCUT2D eigenvalue weighted by atomic mass is 10.1. The number of hydrogen-bond acceptors (Lipinski definition) is 5. The predicted octanol–water partition coefficient (Wildman–Crippen LogP) is 3.26. The molecule has 0 saturated carbocycles. The largest absolute Gasteiger partial charge is 0.427 e. The van der Waals surface area contributed by atoms with Gasteiger partial charge in [-0.15, -0.1) is 0 Å². The zero-order valence-electron chi connectivity index (χ0n) is 14.9. The van der Waals surface area contributed by atoms with Crippen LogP contribution in [0.3, 0.4) is 0 Å². The van der Waals surface area contributed by atoms with Crippen molar-refractivity contribution in [3.63, 3.8) is 0 Å². The highest BCUT2D eigenvalue weighted by Crippen LogP contribution is 2.22. The Balaban J connectivity index is 1.50. The van der Waals surface area contributed by atoms with Crippen molar-refractivity contribution in [2.45, 2.75) is 26.2 Å². The Morgan fingerprint density at radius 2 is 1.52 bits per heavy atom. The molecule has 0 atom stereocenters. The number of nitrogens with zero attached hydrogens (tertiary/aromatic N) is 1. The molecule has 6 nitrogen and oxygen atoms in total. The number of hydrogen-bond donors (Lipinski definition) is 0. The van der Waals surface area contributed by atoms with Crippen molar-refractivity contribution in [1.82, 2.24) is 4.90 Å². The van der Waals surface area contributed by atoms with E-state index >= 15 is 0 Å². The molecule has 0 aromatic heterocycles. The molecule has 3 rings (SSSR count). The highest BCUT2D eigenvalue weighted by molar-refractivity contribution is 6.21. The van der Waals surface area contributed by atoms with Crippen molar-refractivity contribution in [3.8, 4) is 5.75 Å². The fourth-order valence-corrected chi connectivity index (χ4v) is 2.92. The summed E-state index contributed by atoms with van der Waals surface area (Å²) in [6.07, 6.45) is 0.802. The number of fused-ring (bicyclic) bond motifs is 1. The van der Waals surface area contributed by atoms with E-state index in [-0.39, 0.29) is 30.6 Å². The van der Waals surface area contributed by atoms with Crippen LogP contribution in [-0.4, -0.2) is 35.0 Å². The molecular weight excluding hydrogens is 346 g/mol. The van der Waals surface area contributed by atoms with Gasteiger partial charge in [-0.1, -0.05) is 19.1 Å². The maximum Gasteiger partial charge on any atom is 0.311 e. The lowest BCUT2D eigenvalue weighted by molar-refractivity contribution is -0.134. The number of benzene rings is 2. The summed E-state index contributed by atoms with van der Waals surface area (Å²) < 4.78 is 5.22. The second-order valence-corrected chi connectivity index (χ2v) is 6.19. The number of ether oxygens (including phenoxy) is 1. The molecule has 0 bridgehead atoms. The van der Waals surface area contributed by atoms with E-state index in [9.17, 15) is 19.2 Å². The van der Waals surface area contributed by atoms with E-state index in [2.05, 4.69) is 0 Å². The van der Waals surface area contributed by atoms with Crippen LogP contribution in [0.2, 0.25) is 0 Å². The third kappa shape index (κ3) is 3.95. The molecule has 27 heavy (non-hydrogen) atoms. The average Bonchev–Trinajstić information content (AvgIpc) is 2.93. The normalized spacial score (nSPS) is 12.9. The third-order valence-electron chi connectivity index (χ3n) is 4.37. The van der Waals surface area contributed by atoms with E-state index < -0.39 is 5.97 Å². The molecule has 0 spiro atoms. The van der Waals surface area contributed by atoms with E-state index in [0.717, 1.165) is 4.90 Å². The van der Waals surface area contributed by atoms with Gasteiger partial charge in [0.1, 0.15) is 5.75 Å². The summed E-state index contributed by atoms with van der Waals surface area (Å²) in [6.45, 7) is 1.94. The summed E-state index contributed by atoms with van der Waals surface area (Å²) >= 11 is 0. The van der Waals surface area contributed by atoms with Gasteiger partial charge in [-0.25, -0.2) is 0 Å². The van der Waals surface area contributed by atoms with Crippen LogP contribution < -0.4 is 4.74 Å². The number of esters is 1. The molecular formula is C21H19NO5. The molecule has 1 aliphatic rings. The average molecular weight is 365 g/mol. The predicted molar refractivity (Wildman–Crippen MR) is 97.7 cm³/mol. The third-order valence-corrected chi connectivity index (χ3v) is 4.37. The van der Waals surface area contributed by atoms with Crippen LogP contribution in [0.1, 0.15) is 57.3 Å². The Kier molecular flexibility index (Phi) is 5.45. The fourth-order valence-electron chi connectivity index (χ4n) is 2.92. The monoisotopic (exact) mass is 365 g/mol. The van der Waals surface area contributed by atoms with Gasteiger partial charge in [0.25, 0.3) is 11.8 Å². The van der Waals surface area contributed by atoms with Crippen molar-refractivity contribution in [1.29, 1.82) is 0 Å². The first-order chi connectivity index (χ1) is 13.0. The maximum atomic E-state index is 12.2. The minimum absolute atomic E-state index is 0.0221. The number of amides is 2. The number of imide groups is 1. The lowest BCUT2D eigenvalue weighted by Crippen LogP contribution is -2.31. The molecule has 0 unspecified atom stereocenters. The summed E-state index contributed by atoms with van der Waals surface area (Å²) in [7, 11) is 0. The van der Waals surface area contributed by atoms with Crippen molar-refractivity contribution >= 4 is 23.6 Å². The highest BCUT2D eigenvalue weighted by atomic mass is 16.5. The summed E-state index contributed by atoms with van der Waals surface area (Å²) in [5.41, 5.74) is 1.36. The Hall–Kier alpha value is -3.28. The van der Waals surface area contributed by atoms with Crippen LogP contribution in [0, 0.1) is 0 Å². The molecule has 2 aromatic rings. The first-order valence-corrected chi connectivity index (χ1v) is 8.80. The van der Waals surface area contributed by atoms with Gasteiger partial charge in [0, 0.05) is 24.9 Å². The van der Waals surface area contributed by atoms with Gasteiger partial charge in [-0.05, 0) is 42.8 Å². The SMILES string of the molecule is CCC(=O)c1ccc(OC(=O)CCCN2C(=O)c3ccccc3C2=O)cc1. The van der Waals surface area contributed by atoms with Crippen LogP contribution in [0.25, 0.3) is 0 Å². The van der Waals surface area contributed by atoms with E-state index in [4.69, 9.17) is 4.74 Å². The zero-order valence-corrected chi connectivity index (χ0v) is 14.9. The molecule has 2 aromatic carbocycles. The molecule has 0 aliphatic carbocycles. The van der Waals surface area contributed by atoms with Crippen molar-refractivity contribution in [2.24, 2.45) is 0 Å². The molecule has 2 amide bonds. The van der Waals surface area contributed by atoms with Crippen molar-refractivity contribution < 1.29 is 23.9 Å². The lowest BCUT2D eigenvalue weighted by Gasteiger charge is -2.13. The van der Waals surface area contributed by atoms with Gasteiger partial charge in [0.05, 0.1) is 11.1 Å². The number of Topliss-reactive ketones (excluding diaryl/α,β-unsaturated/α-hetero) is 1. The van der Waals surface area contributed by atoms with Crippen LogP contribution >= 0.6 is 0 Å². The van der Waals surface area contributed by atoms with E-state index in [0.29, 0.717) is 35.3 Å². The molecule has 6 heteroatoms. The smallest absolute Gasteiger partial charge is 0.311 e. The van der Waals surface area contributed by atoms with Crippen LogP contribution in [-0.2, 0) is 4.79 Å². The summed E-state index contributed by atoms with van der Waals surface area (Å²) in [5.74, 6) is -0.747.